The van der Waals surface area contributed by atoms with Crippen LogP contribution in [0.3, 0.4) is 0 Å². The fourth-order valence-electron chi connectivity index (χ4n) is 4.60. The fraction of sp³-hybridized carbons (Fsp3) is 0.346. The van der Waals surface area contributed by atoms with Crippen LogP contribution in [0.25, 0.3) is 0 Å². The summed E-state index contributed by atoms with van der Waals surface area (Å²) in [4.78, 5) is 51.9. The highest BCUT2D eigenvalue weighted by atomic mass is 35.5. The zero-order valence-corrected chi connectivity index (χ0v) is 22.3. The monoisotopic (exact) mass is 557 g/mol. The third kappa shape index (κ3) is 5.78. The normalized spacial score (nSPS) is 22.0. The third-order valence-electron chi connectivity index (χ3n) is 6.43. The number of β-lactam (4-membered cyclic amide) rings is 1. The quantitative estimate of drug-likeness (QED) is 0.179. The van der Waals surface area contributed by atoms with Crippen molar-refractivity contribution in [2.75, 3.05) is 6.54 Å². The van der Waals surface area contributed by atoms with Gasteiger partial charge in [-0.15, -0.1) is 11.8 Å². The maximum atomic E-state index is 13.3. The Kier molecular flexibility index (Phi) is 7.98. The first-order chi connectivity index (χ1) is 18.0. The van der Waals surface area contributed by atoms with Gasteiger partial charge in [-0.05, 0) is 37.1 Å². The number of fused-ring (bicyclic) bond motifs is 1. The van der Waals surface area contributed by atoms with Crippen molar-refractivity contribution in [3.8, 4) is 0 Å². The topological polar surface area (TPSA) is 152 Å². The summed E-state index contributed by atoms with van der Waals surface area (Å²) in [6.45, 7) is 3.28. The summed E-state index contributed by atoms with van der Waals surface area (Å²) >= 11 is 7.21. The number of nitrogens with one attached hydrogen (secondary N) is 4. The Hall–Kier alpha value is -3.57. The van der Waals surface area contributed by atoms with Crippen molar-refractivity contribution >= 4 is 52.9 Å². The number of thioether (sulfide) groups is 1. The zero-order chi connectivity index (χ0) is 27.6. The lowest BCUT2D eigenvalue weighted by atomic mass is 9.95. The van der Waals surface area contributed by atoms with Gasteiger partial charge in [-0.3, -0.25) is 19.8 Å². The van der Waals surface area contributed by atoms with Gasteiger partial charge in [0.15, 0.2) is 0 Å². The minimum atomic E-state index is -1.09. The summed E-state index contributed by atoms with van der Waals surface area (Å²) in [6, 6.07) is 12.6. The molecule has 10 nitrogen and oxygen atoms in total. The van der Waals surface area contributed by atoms with Crippen LogP contribution in [0.5, 0.6) is 0 Å². The molecule has 200 valence electrons. The number of benzene rings is 2. The van der Waals surface area contributed by atoms with Crippen molar-refractivity contribution in [3.63, 3.8) is 0 Å². The maximum Gasteiger partial charge on any atom is 0.327 e. The average molecular weight is 558 g/mol. The highest BCUT2D eigenvalue weighted by molar-refractivity contribution is 8.01. The molecule has 4 atom stereocenters. The molecule has 2 aliphatic rings. The SMILES string of the molecule is CC1(C)S[C@@H]2C(NC(=O)C(NC(=O)CNC(=N)Cc3ccc(Cl)cc3)c3ccccc3)C(=O)N2[C@H]1C(=O)O. The number of carbonyl (C=O) groups excluding carboxylic acids is 3. The fourth-order valence-corrected chi connectivity index (χ4v) is 6.35. The van der Waals surface area contributed by atoms with Crippen molar-refractivity contribution in [1.29, 1.82) is 5.41 Å². The van der Waals surface area contributed by atoms with E-state index in [-0.39, 0.29) is 18.8 Å². The molecule has 2 fully saturated rings. The van der Waals surface area contributed by atoms with Crippen LogP contribution in [-0.2, 0) is 25.6 Å². The Labute approximate surface area is 229 Å². The smallest absolute Gasteiger partial charge is 0.327 e. The molecule has 4 rings (SSSR count). The molecule has 0 saturated carbocycles. The predicted octanol–water partition coefficient (Wildman–Crippen LogP) is 1.94. The lowest BCUT2D eigenvalue weighted by Gasteiger charge is -2.44. The van der Waals surface area contributed by atoms with Gasteiger partial charge in [0.25, 0.3) is 0 Å². The molecular weight excluding hydrogens is 530 g/mol. The Morgan fingerprint density at radius 1 is 1.13 bits per heavy atom. The second-order valence-corrected chi connectivity index (χ2v) is 11.8. The molecular formula is C26H28ClN5O5S. The number of amidine groups is 1. The van der Waals surface area contributed by atoms with E-state index >= 15 is 0 Å². The highest BCUT2D eigenvalue weighted by Gasteiger charge is 2.64. The average Bonchev–Trinajstić information content (AvgIpc) is 3.14. The number of rotatable bonds is 9. The molecule has 3 amide bonds. The number of carboxylic acids is 1. The number of carboxylic acid groups (broad SMARTS) is 1. The Balaban J connectivity index is 1.39. The molecule has 2 unspecified atom stereocenters. The Morgan fingerprint density at radius 2 is 1.79 bits per heavy atom. The molecule has 5 N–H and O–H groups in total. The summed E-state index contributed by atoms with van der Waals surface area (Å²) in [7, 11) is 0. The van der Waals surface area contributed by atoms with Gasteiger partial charge in [0.1, 0.15) is 23.5 Å². The van der Waals surface area contributed by atoms with Gasteiger partial charge in [0, 0.05) is 16.2 Å². The number of halogens is 1. The molecule has 2 saturated heterocycles. The minimum absolute atomic E-state index is 0.122. The zero-order valence-electron chi connectivity index (χ0n) is 20.7. The molecule has 2 aromatic rings. The third-order valence-corrected chi connectivity index (χ3v) is 8.25. The summed E-state index contributed by atoms with van der Waals surface area (Å²) in [5.74, 6) is -2.54. The Bertz CT molecular complexity index is 1260. The number of hydrogen-bond acceptors (Lipinski definition) is 6. The van der Waals surface area contributed by atoms with Crippen LogP contribution in [0.15, 0.2) is 54.6 Å². The van der Waals surface area contributed by atoms with Crippen LogP contribution in [-0.4, -0.2) is 68.3 Å². The van der Waals surface area contributed by atoms with Crippen LogP contribution >= 0.6 is 23.4 Å². The van der Waals surface area contributed by atoms with Crippen molar-refractivity contribution in [2.24, 2.45) is 0 Å². The van der Waals surface area contributed by atoms with Crippen molar-refractivity contribution < 1.29 is 24.3 Å². The van der Waals surface area contributed by atoms with Gasteiger partial charge in [-0.2, -0.15) is 0 Å². The number of nitrogens with zero attached hydrogens (tertiary/aromatic N) is 1. The molecule has 38 heavy (non-hydrogen) atoms. The van der Waals surface area contributed by atoms with Gasteiger partial charge in [0.2, 0.25) is 17.7 Å². The van der Waals surface area contributed by atoms with E-state index in [9.17, 15) is 24.3 Å². The molecule has 2 aromatic carbocycles. The molecule has 0 aliphatic carbocycles. The Morgan fingerprint density at radius 3 is 2.42 bits per heavy atom. The van der Waals surface area contributed by atoms with Gasteiger partial charge in [0.05, 0.1) is 12.4 Å². The van der Waals surface area contributed by atoms with E-state index < -0.39 is 51.9 Å². The largest absolute Gasteiger partial charge is 0.480 e. The van der Waals surface area contributed by atoms with Crippen LogP contribution in [0, 0.1) is 5.41 Å². The number of hydrogen-bond donors (Lipinski definition) is 5. The number of carbonyl (C=O) groups is 4. The second-order valence-electron chi connectivity index (χ2n) is 9.63. The molecule has 0 bridgehead atoms. The molecule has 2 aliphatic heterocycles. The number of aliphatic carboxylic acids is 1. The second kappa shape index (κ2) is 11.0. The summed E-state index contributed by atoms with van der Waals surface area (Å²) in [6.07, 6.45) is 0.278. The first-order valence-corrected chi connectivity index (χ1v) is 13.2. The van der Waals surface area contributed by atoms with E-state index in [1.165, 1.54) is 16.7 Å². The van der Waals surface area contributed by atoms with E-state index in [4.69, 9.17) is 17.0 Å². The lowest BCUT2D eigenvalue weighted by Crippen LogP contribution is -2.71. The molecule has 0 radical (unpaired) electrons. The minimum Gasteiger partial charge on any atom is -0.480 e. The van der Waals surface area contributed by atoms with Crippen LogP contribution in [0.2, 0.25) is 5.02 Å². The van der Waals surface area contributed by atoms with Gasteiger partial charge in [-0.25, -0.2) is 4.79 Å². The van der Waals surface area contributed by atoms with Gasteiger partial charge < -0.3 is 26.0 Å². The highest BCUT2D eigenvalue weighted by Crippen LogP contribution is 2.50. The van der Waals surface area contributed by atoms with E-state index in [0.717, 1.165) is 5.56 Å². The standard InChI is InChI=1S/C26H28ClN5O5S/c1-26(2)21(25(36)37)32-23(35)20(24(32)38-26)31-22(34)19(15-6-4-3-5-7-15)30-18(33)13-29-17(28)12-14-8-10-16(27)11-9-14/h3-11,19-21,24H,12-13H2,1-2H3,(H2,28,29)(H,30,33)(H,31,34)(H,36,37)/t19?,20?,21-,24+/m0/s1. The first kappa shape index (κ1) is 27.5. The van der Waals surface area contributed by atoms with Crippen LogP contribution in [0.1, 0.15) is 31.0 Å². The lowest BCUT2D eigenvalue weighted by molar-refractivity contribution is -0.161. The molecule has 0 aromatic heterocycles. The summed E-state index contributed by atoms with van der Waals surface area (Å²) in [5, 5.41) is 25.9. The van der Waals surface area contributed by atoms with Crippen molar-refractivity contribution in [3.05, 3.63) is 70.7 Å². The molecule has 0 spiro atoms. The first-order valence-electron chi connectivity index (χ1n) is 11.9. The maximum absolute atomic E-state index is 13.3. The van der Waals surface area contributed by atoms with Gasteiger partial charge in [-0.1, -0.05) is 54.1 Å². The number of amides is 3. The molecule has 12 heteroatoms. The van der Waals surface area contributed by atoms with Crippen LogP contribution in [0.4, 0.5) is 0 Å². The van der Waals surface area contributed by atoms with Crippen molar-refractivity contribution in [1.82, 2.24) is 20.9 Å². The van der Waals surface area contributed by atoms with Gasteiger partial charge >= 0.3 is 5.97 Å². The van der Waals surface area contributed by atoms with E-state index in [2.05, 4.69) is 16.0 Å². The molecule has 2 heterocycles. The van der Waals surface area contributed by atoms with E-state index in [1.54, 1.807) is 68.4 Å². The van der Waals surface area contributed by atoms with Crippen molar-refractivity contribution in [2.45, 2.75) is 48.5 Å². The van der Waals surface area contributed by atoms with Crippen LogP contribution < -0.4 is 16.0 Å². The van der Waals surface area contributed by atoms with E-state index in [1.807, 2.05) is 0 Å². The van der Waals surface area contributed by atoms with E-state index in [0.29, 0.717) is 10.6 Å². The summed E-state index contributed by atoms with van der Waals surface area (Å²) < 4.78 is -0.721. The predicted molar refractivity (Wildman–Crippen MR) is 144 cm³/mol. The summed E-state index contributed by atoms with van der Waals surface area (Å²) in [5.41, 5.74) is 1.37.